The van der Waals surface area contributed by atoms with Crippen LogP contribution in [-0.2, 0) is 5.60 Å². The van der Waals surface area contributed by atoms with E-state index in [1.807, 2.05) is 0 Å². The molecule has 1 aromatic heterocycles. The maximum Gasteiger partial charge on any atom is 0.138 e. The van der Waals surface area contributed by atoms with Gasteiger partial charge in [0.25, 0.3) is 0 Å². The highest BCUT2D eigenvalue weighted by molar-refractivity contribution is 5.20. The molecule has 3 heteroatoms. The largest absolute Gasteiger partial charge is 0.383 e. The topological polar surface area (TPSA) is 48.9 Å². The molecule has 1 aliphatic carbocycles. The molecular weight excluding hydrogens is 188 g/mol. The molecule has 1 aromatic rings. The van der Waals surface area contributed by atoms with Crippen molar-refractivity contribution in [3.05, 3.63) is 17.2 Å². The van der Waals surface area contributed by atoms with Crippen LogP contribution >= 0.6 is 0 Å². The second-order valence-electron chi connectivity index (χ2n) is 5.14. The number of H-pyrrole nitrogens is 1. The van der Waals surface area contributed by atoms with Crippen LogP contribution in [0.1, 0.15) is 62.7 Å². The Balaban J connectivity index is 2.29. The third kappa shape index (κ3) is 2.07. The van der Waals surface area contributed by atoms with Gasteiger partial charge >= 0.3 is 0 Å². The van der Waals surface area contributed by atoms with Crippen molar-refractivity contribution in [3.8, 4) is 0 Å². The molecule has 1 fully saturated rings. The van der Waals surface area contributed by atoms with Crippen molar-refractivity contribution in [3.63, 3.8) is 0 Å². The molecule has 0 amide bonds. The van der Waals surface area contributed by atoms with Gasteiger partial charge in [0, 0.05) is 11.6 Å². The number of imidazole rings is 1. The van der Waals surface area contributed by atoms with Crippen LogP contribution in [-0.4, -0.2) is 15.1 Å². The fraction of sp³-hybridized carbons (Fsp3) is 0.750. The standard InChI is InChI=1S/C12H20N2O/c1-8-10(9-6-4-5-7-9)14-11(13-8)12(2,3)15/h9,15H,4-7H2,1-3H3,(H,13,14). The predicted molar refractivity (Wildman–Crippen MR) is 59.8 cm³/mol. The van der Waals surface area contributed by atoms with Gasteiger partial charge in [-0.1, -0.05) is 12.8 Å². The SMILES string of the molecule is Cc1[nH]c(C(C)(C)O)nc1C1CCCC1. The van der Waals surface area contributed by atoms with Crippen LogP contribution < -0.4 is 0 Å². The van der Waals surface area contributed by atoms with Crippen LogP contribution in [0.4, 0.5) is 0 Å². The minimum atomic E-state index is -0.860. The first-order valence-corrected chi connectivity index (χ1v) is 5.78. The molecule has 2 N–H and O–H groups in total. The molecular formula is C12H20N2O. The van der Waals surface area contributed by atoms with Crippen molar-refractivity contribution in [2.45, 2.75) is 58.0 Å². The van der Waals surface area contributed by atoms with E-state index < -0.39 is 5.60 Å². The number of rotatable bonds is 2. The fourth-order valence-electron chi connectivity index (χ4n) is 2.36. The van der Waals surface area contributed by atoms with Gasteiger partial charge in [0.05, 0.1) is 5.69 Å². The van der Waals surface area contributed by atoms with E-state index in [-0.39, 0.29) is 0 Å². The van der Waals surface area contributed by atoms with Gasteiger partial charge in [-0.15, -0.1) is 0 Å². The molecule has 0 aliphatic heterocycles. The summed E-state index contributed by atoms with van der Waals surface area (Å²) < 4.78 is 0. The summed E-state index contributed by atoms with van der Waals surface area (Å²) in [4.78, 5) is 7.76. The first kappa shape index (κ1) is 10.7. The van der Waals surface area contributed by atoms with Crippen LogP contribution in [0.5, 0.6) is 0 Å². The van der Waals surface area contributed by atoms with Crippen molar-refractivity contribution in [2.24, 2.45) is 0 Å². The van der Waals surface area contributed by atoms with Gasteiger partial charge in [-0.3, -0.25) is 0 Å². The Morgan fingerprint density at radius 3 is 2.40 bits per heavy atom. The van der Waals surface area contributed by atoms with E-state index in [4.69, 9.17) is 0 Å². The Kier molecular flexibility index (Phi) is 2.59. The molecule has 0 atom stereocenters. The Bertz CT molecular complexity index is 343. The van der Waals surface area contributed by atoms with Crippen molar-refractivity contribution in [1.82, 2.24) is 9.97 Å². The molecule has 1 aliphatic rings. The fourth-order valence-corrected chi connectivity index (χ4v) is 2.36. The second-order valence-corrected chi connectivity index (χ2v) is 5.14. The minimum absolute atomic E-state index is 0.609. The van der Waals surface area contributed by atoms with Gasteiger partial charge < -0.3 is 10.1 Å². The summed E-state index contributed by atoms with van der Waals surface area (Å²) in [6, 6.07) is 0. The maximum atomic E-state index is 9.88. The van der Waals surface area contributed by atoms with Gasteiger partial charge in [0.2, 0.25) is 0 Å². The molecule has 1 heterocycles. The Morgan fingerprint density at radius 2 is 1.93 bits per heavy atom. The molecule has 3 nitrogen and oxygen atoms in total. The van der Waals surface area contributed by atoms with Crippen LogP contribution in [0.3, 0.4) is 0 Å². The Morgan fingerprint density at radius 1 is 1.33 bits per heavy atom. The van der Waals surface area contributed by atoms with Gasteiger partial charge in [-0.05, 0) is 33.6 Å². The highest BCUT2D eigenvalue weighted by Crippen LogP contribution is 2.35. The lowest BCUT2D eigenvalue weighted by molar-refractivity contribution is 0.0694. The number of aryl methyl sites for hydroxylation is 1. The molecule has 0 aromatic carbocycles. The van der Waals surface area contributed by atoms with Crippen molar-refractivity contribution in [2.75, 3.05) is 0 Å². The molecule has 0 unspecified atom stereocenters. The van der Waals surface area contributed by atoms with Crippen molar-refractivity contribution >= 4 is 0 Å². The summed E-state index contributed by atoms with van der Waals surface area (Å²) in [5, 5.41) is 9.88. The van der Waals surface area contributed by atoms with Crippen LogP contribution in [0.2, 0.25) is 0 Å². The maximum absolute atomic E-state index is 9.88. The third-order valence-corrected chi connectivity index (χ3v) is 3.24. The second kappa shape index (κ2) is 3.63. The first-order chi connectivity index (χ1) is 6.98. The number of nitrogens with one attached hydrogen (secondary N) is 1. The van der Waals surface area contributed by atoms with Crippen LogP contribution in [0.15, 0.2) is 0 Å². The lowest BCUT2D eigenvalue weighted by atomic mass is 10.0. The first-order valence-electron chi connectivity index (χ1n) is 5.78. The van der Waals surface area contributed by atoms with Gasteiger partial charge in [0.15, 0.2) is 0 Å². The Hall–Kier alpha value is -0.830. The van der Waals surface area contributed by atoms with E-state index in [1.165, 1.54) is 31.4 Å². The normalized spacial score (nSPS) is 18.7. The zero-order valence-electron chi connectivity index (χ0n) is 9.80. The van der Waals surface area contributed by atoms with Crippen LogP contribution in [0, 0.1) is 6.92 Å². The van der Waals surface area contributed by atoms with E-state index in [2.05, 4.69) is 16.9 Å². The lowest BCUT2D eigenvalue weighted by Crippen LogP contribution is -2.17. The predicted octanol–water partition coefficient (Wildman–Crippen LogP) is 2.60. The van der Waals surface area contributed by atoms with Crippen molar-refractivity contribution in [1.29, 1.82) is 0 Å². The summed E-state index contributed by atoms with van der Waals surface area (Å²) >= 11 is 0. The zero-order chi connectivity index (χ0) is 11.1. The average Bonchev–Trinajstić information content (AvgIpc) is 2.69. The minimum Gasteiger partial charge on any atom is -0.383 e. The third-order valence-electron chi connectivity index (χ3n) is 3.24. The molecule has 0 bridgehead atoms. The summed E-state index contributed by atoms with van der Waals surface area (Å²) in [5.41, 5.74) is 1.44. The van der Waals surface area contributed by atoms with E-state index in [0.717, 1.165) is 5.69 Å². The number of aliphatic hydroxyl groups is 1. The van der Waals surface area contributed by atoms with E-state index in [0.29, 0.717) is 11.7 Å². The monoisotopic (exact) mass is 208 g/mol. The summed E-state index contributed by atoms with van der Waals surface area (Å²) in [6.45, 7) is 5.59. The molecule has 0 saturated heterocycles. The number of nitrogens with zero attached hydrogens (tertiary/aromatic N) is 1. The van der Waals surface area contributed by atoms with Crippen molar-refractivity contribution < 1.29 is 5.11 Å². The molecule has 0 spiro atoms. The van der Waals surface area contributed by atoms with Gasteiger partial charge in [-0.25, -0.2) is 4.98 Å². The summed E-state index contributed by atoms with van der Waals surface area (Å²) in [5.74, 6) is 1.30. The van der Waals surface area contributed by atoms with Crippen LogP contribution in [0.25, 0.3) is 0 Å². The highest BCUT2D eigenvalue weighted by atomic mass is 16.3. The summed E-state index contributed by atoms with van der Waals surface area (Å²) in [6.07, 6.45) is 5.12. The van der Waals surface area contributed by atoms with Gasteiger partial charge in [0.1, 0.15) is 11.4 Å². The van der Waals surface area contributed by atoms with E-state index in [1.54, 1.807) is 13.8 Å². The number of aromatic nitrogens is 2. The zero-order valence-corrected chi connectivity index (χ0v) is 9.80. The molecule has 15 heavy (non-hydrogen) atoms. The van der Waals surface area contributed by atoms with E-state index >= 15 is 0 Å². The number of hydrogen-bond acceptors (Lipinski definition) is 2. The quantitative estimate of drug-likeness (QED) is 0.784. The lowest BCUT2D eigenvalue weighted by Gasteiger charge is -2.13. The smallest absolute Gasteiger partial charge is 0.138 e. The molecule has 0 radical (unpaired) electrons. The number of hydrogen-bond donors (Lipinski definition) is 2. The van der Waals surface area contributed by atoms with E-state index in [9.17, 15) is 5.11 Å². The Labute approximate surface area is 90.9 Å². The molecule has 2 rings (SSSR count). The number of aromatic amines is 1. The van der Waals surface area contributed by atoms with Gasteiger partial charge in [-0.2, -0.15) is 0 Å². The highest BCUT2D eigenvalue weighted by Gasteiger charge is 2.26. The molecule has 84 valence electrons. The summed E-state index contributed by atoms with van der Waals surface area (Å²) in [7, 11) is 0. The average molecular weight is 208 g/mol. The molecule has 1 saturated carbocycles.